The van der Waals surface area contributed by atoms with E-state index in [1.807, 2.05) is 13.0 Å². The summed E-state index contributed by atoms with van der Waals surface area (Å²) in [6.07, 6.45) is 0.953. The number of ether oxygens (including phenoxy) is 2. The van der Waals surface area contributed by atoms with Gasteiger partial charge in [0.15, 0.2) is 11.5 Å². The van der Waals surface area contributed by atoms with E-state index in [1.54, 1.807) is 7.11 Å². The van der Waals surface area contributed by atoms with E-state index < -0.39 is 0 Å². The molecule has 0 aromatic heterocycles. The lowest BCUT2D eigenvalue weighted by Crippen LogP contribution is -2.31. The Balaban J connectivity index is 2.01. The first-order chi connectivity index (χ1) is 11.7. The zero-order chi connectivity index (χ0) is 17.1. The minimum atomic E-state index is 0.190. The Kier molecular flexibility index (Phi) is 4.95. The highest BCUT2D eigenvalue weighted by Gasteiger charge is 2.26. The van der Waals surface area contributed by atoms with Crippen LogP contribution < -0.4 is 19.7 Å². The summed E-state index contributed by atoms with van der Waals surface area (Å²) in [5.74, 6) is 1.72. The Labute approximate surface area is 144 Å². The lowest BCUT2D eigenvalue weighted by molar-refractivity contribution is 0.305. The molecule has 0 radical (unpaired) electrons. The molecule has 1 atom stereocenters. The molecule has 1 N–H and O–H groups in total. The third-order valence-electron chi connectivity index (χ3n) is 4.55. The van der Waals surface area contributed by atoms with E-state index in [4.69, 9.17) is 9.47 Å². The average molecular weight is 326 g/mol. The monoisotopic (exact) mass is 326 g/mol. The van der Waals surface area contributed by atoms with Crippen LogP contribution in [-0.2, 0) is 6.42 Å². The summed E-state index contributed by atoms with van der Waals surface area (Å²) in [6.45, 7) is 3.58. The topological polar surface area (TPSA) is 33.7 Å². The molecule has 24 heavy (non-hydrogen) atoms. The van der Waals surface area contributed by atoms with Gasteiger partial charge in [-0.25, -0.2) is 0 Å². The van der Waals surface area contributed by atoms with Crippen molar-refractivity contribution >= 4 is 5.69 Å². The number of rotatable bonds is 5. The summed E-state index contributed by atoms with van der Waals surface area (Å²) in [6, 6.07) is 13.1. The lowest BCUT2D eigenvalue weighted by Gasteiger charge is -2.30. The Morgan fingerprint density at radius 3 is 2.50 bits per heavy atom. The first-order valence-electron chi connectivity index (χ1n) is 8.49. The fourth-order valence-electron chi connectivity index (χ4n) is 3.33. The van der Waals surface area contributed by atoms with Crippen LogP contribution in [0.5, 0.6) is 11.5 Å². The molecule has 1 aliphatic heterocycles. The molecule has 2 aromatic rings. The highest BCUT2D eigenvalue weighted by Crippen LogP contribution is 2.40. The molecule has 1 unspecified atom stereocenters. The van der Waals surface area contributed by atoms with Crippen LogP contribution in [-0.4, -0.2) is 34.4 Å². The first-order valence-corrected chi connectivity index (χ1v) is 8.49. The molecule has 2 aromatic carbocycles. The Bertz CT molecular complexity index is 696. The zero-order valence-electron chi connectivity index (χ0n) is 14.9. The molecule has 0 amide bonds. The van der Waals surface area contributed by atoms with Crippen LogP contribution in [0.2, 0.25) is 0 Å². The summed E-state index contributed by atoms with van der Waals surface area (Å²) in [4.78, 5) is 2.12. The highest BCUT2D eigenvalue weighted by atomic mass is 16.5. The first kappa shape index (κ1) is 16.7. The van der Waals surface area contributed by atoms with Gasteiger partial charge in [0, 0.05) is 31.9 Å². The van der Waals surface area contributed by atoms with Crippen molar-refractivity contribution in [2.24, 2.45) is 0 Å². The van der Waals surface area contributed by atoms with Crippen molar-refractivity contribution in [2.45, 2.75) is 19.4 Å². The normalized spacial score (nSPS) is 16.4. The van der Waals surface area contributed by atoms with E-state index in [0.29, 0.717) is 6.61 Å². The maximum absolute atomic E-state index is 5.90. The predicted molar refractivity (Wildman–Crippen MR) is 98.5 cm³/mol. The van der Waals surface area contributed by atoms with Gasteiger partial charge in [-0.1, -0.05) is 18.2 Å². The van der Waals surface area contributed by atoms with Crippen LogP contribution in [0, 0.1) is 0 Å². The summed E-state index contributed by atoms with van der Waals surface area (Å²) < 4.78 is 11.4. The second-order valence-electron chi connectivity index (χ2n) is 6.22. The van der Waals surface area contributed by atoms with Gasteiger partial charge in [0.2, 0.25) is 0 Å². The molecule has 0 fully saturated rings. The number of nitrogens with one attached hydrogen (secondary N) is 1. The molecule has 3 rings (SSSR count). The summed E-state index contributed by atoms with van der Waals surface area (Å²) >= 11 is 0. The van der Waals surface area contributed by atoms with Crippen molar-refractivity contribution in [1.29, 1.82) is 0 Å². The van der Waals surface area contributed by atoms with Gasteiger partial charge >= 0.3 is 0 Å². The van der Waals surface area contributed by atoms with E-state index in [1.165, 1.54) is 22.4 Å². The minimum absolute atomic E-state index is 0.190. The highest BCUT2D eigenvalue weighted by molar-refractivity contribution is 5.55. The number of fused-ring (bicyclic) bond motifs is 1. The molecule has 1 heterocycles. The quantitative estimate of drug-likeness (QED) is 0.913. The van der Waals surface area contributed by atoms with Crippen LogP contribution in [0.4, 0.5) is 5.69 Å². The largest absolute Gasteiger partial charge is 0.493 e. The lowest BCUT2D eigenvalue weighted by atomic mass is 9.89. The van der Waals surface area contributed by atoms with Crippen molar-refractivity contribution in [3.8, 4) is 11.5 Å². The van der Waals surface area contributed by atoms with Crippen molar-refractivity contribution in [2.75, 3.05) is 39.3 Å². The zero-order valence-corrected chi connectivity index (χ0v) is 14.9. The third-order valence-corrected chi connectivity index (χ3v) is 4.55. The Morgan fingerprint density at radius 2 is 1.88 bits per heavy atom. The predicted octanol–water partition coefficient (Wildman–Crippen LogP) is 3.40. The van der Waals surface area contributed by atoms with Gasteiger partial charge in [0.25, 0.3) is 0 Å². The fraction of sp³-hybridized carbons (Fsp3) is 0.400. The number of anilines is 1. The van der Waals surface area contributed by atoms with Gasteiger partial charge in [0.1, 0.15) is 0 Å². The number of hydrogen-bond acceptors (Lipinski definition) is 4. The van der Waals surface area contributed by atoms with E-state index in [0.717, 1.165) is 24.5 Å². The van der Waals surface area contributed by atoms with Crippen LogP contribution >= 0.6 is 0 Å². The van der Waals surface area contributed by atoms with Crippen LogP contribution in [0.25, 0.3) is 0 Å². The summed E-state index contributed by atoms with van der Waals surface area (Å²) in [5.41, 5.74) is 5.02. The summed E-state index contributed by atoms with van der Waals surface area (Å²) in [5, 5.41) is 3.64. The molecule has 1 aliphatic rings. The van der Waals surface area contributed by atoms with Crippen molar-refractivity contribution in [3.05, 3.63) is 53.1 Å². The molecule has 0 aliphatic carbocycles. The second kappa shape index (κ2) is 7.14. The van der Waals surface area contributed by atoms with Gasteiger partial charge in [-0.3, -0.25) is 0 Å². The standard InChI is InChI=1S/C20H26N2O2/c1-5-24-20-17-12-13-21-19(16(17)10-11-18(20)23-4)14-6-8-15(9-7-14)22(2)3/h6-11,19,21H,5,12-13H2,1-4H3. The second-order valence-corrected chi connectivity index (χ2v) is 6.22. The molecule has 0 spiro atoms. The molecular weight excluding hydrogens is 300 g/mol. The molecule has 0 saturated heterocycles. The van der Waals surface area contributed by atoms with Gasteiger partial charge in [0.05, 0.1) is 19.8 Å². The number of benzene rings is 2. The molecule has 4 nitrogen and oxygen atoms in total. The molecule has 0 bridgehead atoms. The van der Waals surface area contributed by atoms with Crippen LogP contribution in [0.1, 0.15) is 29.7 Å². The van der Waals surface area contributed by atoms with Crippen molar-refractivity contribution < 1.29 is 9.47 Å². The fourth-order valence-corrected chi connectivity index (χ4v) is 3.33. The van der Waals surface area contributed by atoms with Crippen molar-refractivity contribution in [3.63, 3.8) is 0 Å². The average Bonchev–Trinajstić information content (AvgIpc) is 2.62. The van der Waals surface area contributed by atoms with Crippen LogP contribution in [0.15, 0.2) is 36.4 Å². The Hall–Kier alpha value is -2.20. The third kappa shape index (κ3) is 3.06. The molecule has 128 valence electrons. The maximum atomic E-state index is 5.90. The SMILES string of the molecule is CCOc1c(OC)ccc2c1CCNC2c1ccc(N(C)C)cc1. The minimum Gasteiger partial charge on any atom is -0.493 e. The van der Waals surface area contributed by atoms with E-state index >= 15 is 0 Å². The van der Waals surface area contributed by atoms with Gasteiger partial charge in [-0.05, 0) is 42.7 Å². The van der Waals surface area contributed by atoms with E-state index in [2.05, 4.69) is 54.6 Å². The van der Waals surface area contributed by atoms with Gasteiger partial charge in [-0.15, -0.1) is 0 Å². The molecule has 4 heteroatoms. The number of nitrogens with zero attached hydrogens (tertiary/aromatic N) is 1. The maximum Gasteiger partial charge on any atom is 0.164 e. The van der Waals surface area contributed by atoms with Crippen molar-refractivity contribution in [1.82, 2.24) is 5.32 Å². The number of methoxy groups -OCH3 is 1. The molecular formula is C20H26N2O2. The van der Waals surface area contributed by atoms with Gasteiger partial charge in [-0.2, -0.15) is 0 Å². The van der Waals surface area contributed by atoms with Crippen LogP contribution in [0.3, 0.4) is 0 Å². The van der Waals surface area contributed by atoms with E-state index in [9.17, 15) is 0 Å². The Morgan fingerprint density at radius 1 is 1.12 bits per heavy atom. The molecule has 0 saturated carbocycles. The summed E-state index contributed by atoms with van der Waals surface area (Å²) in [7, 11) is 5.82. The smallest absolute Gasteiger partial charge is 0.164 e. The number of hydrogen-bond donors (Lipinski definition) is 1. The van der Waals surface area contributed by atoms with Gasteiger partial charge < -0.3 is 19.7 Å². The van der Waals surface area contributed by atoms with E-state index in [-0.39, 0.29) is 6.04 Å².